The number of carbonyl (C=O) groups excluding carboxylic acids is 2. The molecule has 2 aliphatic rings. The van der Waals surface area contributed by atoms with E-state index in [-0.39, 0.29) is 29.8 Å². The minimum Gasteiger partial charge on any atom is -0.340 e. The third kappa shape index (κ3) is 2.82. The number of hydrogen-bond acceptors (Lipinski definition) is 2. The van der Waals surface area contributed by atoms with Gasteiger partial charge in [0.05, 0.1) is 0 Å². The lowest BCUT2D eigenvalue weighted by Gasteiger charge is -2.48. The van der Waals surface area contributed by atoms with Crippen LogP contribution in [0.25, 0.3) is 0 Å². The summed E-state index contributed by atoms with van der Waals surface area (Å²) in [4.78, 5) is 27.8. The molecule has 3 unspecified atom stereocenters. The third-order valence-electron chi connectivity index (χ3n) is 5.40. The van der Waals surface area contributed by atoms with Crippen LogP contribution in [0.3, 0.4) is 0 Å². The van der Waals surface area contributed by atoms with Crippen LogP contribution >= 0.6 is 0 Å². The van der Waals surface area contributed by atoms with Crippen LogP contribution < -0.4 is 5.32 Å². The van der Waals surface area contributed by atoms with E-state index < -0.39 is 5.54 Å². The summed E-state index contributed by atoms with van der Waals surface area (Å²) in [7, 11) is 0. The van der Waals surface area contributed by atoms with Crippen molar-refractivity contribution in [1.29, 1.82) is 0 Å². The molecule has 0 bridgehead atoms. The van der Waals surface area contributed by atoms with Crippen LogP contribution in [0.2, 0.25) is 0 Å². The molecule has 0 radical (unpaired) electrons. The average Bonchev–Trinajstić information content (AvgIpc) is 2.91. The molecule has 21 heavy (non-hydrogen) atoms. The summed E-state index contributed by atoms with van der Waals surface area (Å²) in [6.07, 6.45) is 6.59. The molecule has 0 aromatic rings. The molecule has 1 N–H and O–H groups in total. The van der Waals surface area contributed by atoms with Crippen molar-refractivity contribution in [3.63, 3.8) is 0 Å². The molecule has 1 saturated carbocycles. The topological polar surface area (TPSA) is 49.4 Å². The lowest BCUT2D eigenvalue weighted by Crippen LogP contribution is -2.72. The van der Waals surface area contributed by atoms with Gasteiger partial charge in [-0.2, -0.15) is 0 Å². The zero-order chi connectivity index (χ0) is 15.6. The van der Waals surface area contributed by atoms with Crippen LogP contribution in [0.1, 0.15) is 72.6 Å². The first-order chi connectivity index (χ1) is 9.96. The molecule has 4 heteroatoms. The summed E-state index contributed by atoms with van der Waals surface area (Å²) >= 11 is 0. The Morgan fingerprint density at radius 3 is 2.38 bits per heavy atom. The fourth-order valence-corrected chi connectivity index (χ4v) is 3.97. The summed E-state index contributed by atoms with van der Waals surface area (Å²) < 4.78 is 0. The van der Waals surface area contributed by atoms with Gasteiger partial charge in [0.25, 0.3) is 0 Å². The number of hydrogen-bond donors (Lipinski definition) is 1. The number of nitrogens with one attached hydrogen (secondary N) is 1. The summed E-state index contributed by atoms with van der Waals surface area (Å²) in [6.45, 7) is 8.40. The molecule has 1 heterocycles. The second-order valence-corrected chi connectivity index (χ2v) is 6.96. The van der Waals surface area contributed by atoms with Crippen LogP contribution in [0.5, 0.6) is 0 Å². The van der Waals surface area contributed by atoms with Gasteiger partial charge in [0.1, 0.15) is 11.6 Å². The van der Waals surface area contributed by atoms with Crippen LogP contribution in [0.4, 0.5) is 0 Å². The molecule has 1 saturated heterocycles. The van der Waals surface area contributed by atoms with Gasteiger partial charge in [0.15, 0.2) is 0 Å². The molecular formula is C17H30N2O2. The lowest BCUT2D eigenvalue weighted by atomic mass is 9.85. The van der Waals surface area contributed by atoms with Crippen molar-refractivity contribution in [3.05, 3.63) is 0 Å². The fourth-order valence-electron chi connectivity index (χ4n) is 3.97. The van der Waals surface area contributed by atoms with Crippen molar-refractivity contribution in [3.8, 4) is 0 Å². The van der Waals surface area contributed by atoms with Gasteiger partial charge < -0.3 is 10.2 Å². The van der Waals surface area contributed by atoms with Crippen molar-refractivity contribution >= 4 is 11.8 Å². The van der Waals surface area contributed by atoms with E-state index in [0.29, 0.717) is 0 Å². The molecule has 0 aromatic heterocycles. The Hall–Kier alpha value is -1.06. The second kappa shape index (κ2) is 6.37. The molecule has 2 amide bonds. The van der Waals surface area contributed by atoms with Crippen molar-refractivity contribution in [2.75, 3.05) is 0 Å². The number of carbonyl (C=O) groups is 2. The van der Waals surface area contributed by atoms with Crippen LogP contribution in [0, 0.1) is 5.92 Å². The van der Waals surface area contributed by atoms with Crippen molar-refractivity contribution in [1.82, 2.24) is 10.2 Å². The predicted octanol–water partition coefficient (Wildman–Crippen LogP) is 2.86. The Morgan fingerprint density at radius 1 is 1.24 bits per heavy atom. The van der Waals surface area contributed by atoms with E-state index in [2.05, 4.69) is 33.0 Å². The molecule has 1 aliphatic heterocycles. The lowest BCUT2D eigenvalue weighted by molar-refractivity contribution is -0.160. The largest absolute Gasteiger partial charge is 0.340 e. The number of nitrogens with zero attached hydrogens (tertiary/aromatic N) is 1. The van der Waals surface area contributed by atoms with Gasteiger partial charge in [-0.25, -0.2) is 0 Å². The number of rotatable bonds is 5. The van der Waals surface area contributed by atoms with Crippen LogP contribution in [-0.2, 0) is 9.59 Å². The normalized spacial score (nSPS) is 27.8. The maximum Gasteiger partial charge on any atom is 0.249 e. The Kier molecular flexibility index (Phi) is 4.95. The number of amides is 2. The smallest absolute Gasteiger partial charge is 0.249 e. The van der Waals surface area contributed by atoms with Crippen molar-refractivity contribution in [2.24, 2.45) is 5.92 Å². The standard InChI is InChI=1S/C17H30N2O2/c1-5-9-13(4)19-14(12(3)6-2)15(20)18-17(16(19)21)10-7-8-11-17/h12-14H,5-11H2,1-4H3,(H,18,20). The molecule has 2 fully saturated rings. The van der Waals surface area contributed by atoms with Gasteiger partial charge in [-0.3, -0.25) is 9.59 Å². The average molecular weight is 294 g/mol. The Morgan fingerprint density at radius 2 is 1.86 bits per heavy atom. The summed E-state index contributed by atoms with van der Waals surface area (Å²) in [5, 5.41) is 3.10. The molecule has 1 aliphatic carbocycles. The highest BCUT2D eigenvalue weighted by atomic mass is 16.2. The fraction of sp³-hybridized carbons (Fsp3) is 0.882. The highest BCUT2D eigenvalue weighted by Crippen LogP contribution is 2.37. The molecular weight excluding hydrogens is 264 g/mol. The number of piperazine rings is 1. The van der Waals surface area contributed by atoms with Gasteiger partial charge in [-0.05, 0) is 32.1 Å². The highest BCUT2D eigenvalue weighted by molar-refractivity contribution is 6.00. The zero-order valence-electron chi connectivity index (χ0n) is 13.9. The molecule has 1 spiro atoms. The zero-order valence-corrected chi connectivity index (χ0v) is 13.9. The Bertz CT molecular complexity index is 402. The monoisotopic (exact) mass is 294 g/mol. The minimum atomic E-state index is -0.594. The molecule has 0 aromatic carbocycles. The summed E-state index contributed by atoms with van der Waals surface area (Å²) in [6, 6.07) is -0.153. The minimum absolute atomic E-state index is 0.0637. The molecule has 4 nitrogen and oxygen atoms in total. The second-order valence-electron chi connectivity index (χ2n) is 6.96. The van der Waals surface area contributed by atoms with E-state index in [1.165, 1.54) is 0 Å². The van der Waals surface area contributed by atoms with Crippen molar-refractivity contribution < 1.29 is 9.59 Å². The van der Waals surface area contributed by atoms with E-state index in [4.69, 9.17) is 0 Å². The van der Waals surface area contributed by atoms with Gasteiger partial charge in [0.2, 0.25) is 11.8 Å². The first-order valence-corrected chi connectivity index (χ1v) is 8.61. The summed E-state index contributed by atoms with van der Waals surface area (Å²) in [5.41, 5.74) is -0.594. The van der Waals surface area contributed by atoms with E-state index in [1.54, 1.807) is 0 Å². The predicted molar refractivity (Wildman–Crippen MR) is 83.8 cm³/mol. The van der Waals surface area contributed by atoms with Gasteiger partial charge in [0, 0.05) is 6.04 Å². The molecule has 2 rings (SSSR count). The maximum absolute atomic E-state index is 13.2. The van der Waals surface area contributed by atoms with Gasteiger partial charge in [-0.15, -0.1) is 0 Å². The first-order valence-electron chi connectivity index (χ1n) is 8.61. The quantitative estimate of drug-likeness (QED) is 0.847. The summed E-state index contributed by atoms with van der Waals surface area (Å²) in [5.74, 6) is 0.437. The first kappa shape index (κ1) is 16.3. The van der Waals surface area contributed by atoms with Crippen LogP contribution in [-0.4, -0.2) is 34.3 Å². The van der Waals surface area contributed by atoms with Gasteiger partial charge >= 0.3 is 0 Å². The highest BCUT2D eigenvalue weighted by Gasteiger charge is 2.53. The molecule has 3 atom stereocenters. The van der Waals surface area contributed by atoms with E-state index >= 15 is 0 Å². The third-order valence-corrected chi connectivity index (χ3v) is 5.40. The van der Waals surface area contributed by atoms with E-state index in [0.717, 1.165) is 44.9 Å². The van der Waals surface area contributed by atoms with Gasteiger partial charge in [-0.1, -0.05) is 46.5 Å². The van der Waals surface area contributed by atoms with Crippen LogP contribution in [0.15, 0.2) is 0 Å². The maximum atomic E-state index is 13.2. The Balaban J connectivity index is 2.34. The molecule has 120 valence electrons. The van der Waals surface area contributed by atoms with E-state index in [1.807, 2.05) is 4.90 Å². The van der Waals surface area contributed by atoms with E-state index in [9.17, 15) is 9.59 Å². The Labute approximate surface area is 128 Å². The van der Waals surface area contributed by atoms with Crippen molar-refractivity contribution in [2.45, 2.75) is 90.3 Å². The SMILES string of the molecule is CCCC(C)N1C(=O)C2(CCCC2)NC(=O)C1C(C)CC.